The third-order valence-electron chi connectivity index (χ3n) is 9.16. The third kappa shape index (κ3) is 2.15. The van der Waals surface area contributed by atoms with Crippen molar-refractivity contribution in [3.63, 3.8) is 0 Å². The van der Waals surface area contributed by atoms with E-state index in [1.165, 1.54) is 0 Å². The third-order valence-corrected chi connectivity index (χ3v) is 9.16. The first-order valence-electron chi connectivity index (χ1n) is 10.1. The fourth-order valence-corrected chi connectivity index (χ4v) is 7.74. The van der Waals surface area contributed by atoms with E-state index in [0.29, 0.717) is 18.1 Å². The molecule has 4 heteroatoms. The van der Waals surface area contributed by atoms with Crippen molar-refractivity contribution in [2.45, 2.75) is 83.6 Å². The topological polar surface area (TPSA) is 54.4 Å². The van der Waals surface area contributed by atoms with Gasteiger partial charge in [0.15, 0.2) is 0 Å². The van der Waals surface area contributed by atoms with Crippen LogP contribution < -0.4 is 0 Å². The number of carbonyl (C=O) groups is 2. The van der Waals surface area contributed by atoms with Crippen LogP contribution in [0, 0.1) is 34.5 Å². The lowest BCUT2D eigenvalue weighted by Crippen LogP contribution is -2.60. The Labute approximate surface area is 152 Å². The summed E-state index contributed by atoms with van der Waals surface area (Å²) in [5.41, 5.74) is -0.407. The van der Waals surface area contributed by atoms with Gasteiger partial charge in [0.05, 0.1) is 14.0 Å². The summed E-state index contributed by atoms with van der Waals surface area (Å²) in [7, 11) is 7.10. The highest BCUT2D eigenvalue weighted by atomic mass is 16.3. The fraction of sp³-hybridized carbons (Fsp3) is 0.905. The molecule has 0 heterocycles. The molecule has 0 spiro atoms. The lowest BCUT2D eigenvalue weighted by molar-refractivity contribution is -0.160. The zero-order chi connectivity index (χ0) is 18.2. The van der Waals surface area contributed by atoms with Crippen LogP contribution in [0.15, 0.2) is 0 Å². The molecule has 4 fully saturated rings. The first kappa shape index (κ1) is 17.8. The maximum atomic E-state index is 13.4. The average Bonchev–Trinajstić information content (AvgIpc) is 2.79. The van der Waals surface area contributed by atoms with E-state index in [0.717, 1.165) is 44.9 Å². The molecule has 4 aliphatic rings. The SMILES string of the molecule is [B][C@@]12CC[C@H](C(C)=O)[C@@]1(C)CC(=O)C1C2CC[C@H]2C[C@@H](O)CC[C@]12C. The maximum absolute atomic E-state index is 13.4. The van der Waals surface area contributed by atoms with Gasteiger partial charge in [0.1, 0.15) is 11.6 Å². The predicted molar refractivity (Wildman–Crippen MR) is 97.3 cm³/mol. The molecule has 0 bridgehead atoms. The normalized spacial score (nSPS) is 55.2. The van der Waals surface area contributed by atoms with Crippen molar-refractivity contribution in [2.75, 3.05) is 0 Å². The van der Waals surface area contributed by atoms with Gasteiger partial charge in [-0.1, -0.05) is 25.6 Å². The molecule has 8 atom stereocenters. The lowest BCUT2D eigenvalue weighted by Gasteiger charge is -2.64. The van der Waals surface area contributed by atoms with Crippen LogP contribution in [-0.4, -0.2) is 30.6 Å². The van der Waals surface area contributed by atoms with Gasteiger partial charge >= 0.3 is 0 Å². The Morgan fingerprint density at radius 1 is 1.16 bits per heavy atom. The summed E-state index contributed by atoms with van der Waals surface area (Å²) in [5, 5.41) is 9.72. The maximum Gasteiger partial charge on any atom is 0.137 e. The summed E-state index contributed by atoms with van der Waals surface area (Å²) < 4.78 is 0. The van der Waals surface area contributed by atoms with Crippen LogP contribution in [0.5, 0.6) is 0 Å². The number of rotatable bonds is 1. The smallest absolute Gasteiger partial charge is 0.137 e. The molecule has 0 aromatic rings. The van der Waals surface area contributed by atoms with E-state index in [-0.39, 0.29) is 40.5 Å². The van der Waals surface area contributed by atoms with Crippen molar-refractivity contribution in [1.82, 2.24) is 0 Å². The number of hydrogen-bond donors (Lipinski definition) is 1. The minimum atomic E-state index is -0.397. The van der Waals surface area contributed by atoms with Gasteiger partial charge in [-0.05, 0) is 68.1 Å². The van der Waals surface area contributed by atoms with Crippen molar-refractivity contribution in [3.05, 3.63) is 0 Å². The molecule has 2 unspecified atom stereocenters. The van der Waals surface area contributed by atoms with E-state index >= 15 is 0 Å². The van der Waals surface area contributed by atoms with Crippen molar-refractivity contribution in [1.29, 1.82) is 0 Å². The molecule has 0 saturated heterocycles. The molecule has 4 rings (SSSR count). The first-order valence-corrected chi connectivity index (χ1v) is 10.1. The van der Waals surface area contributed by atoms with Crippen LogP contribution >= 0.6 is 0 Å². The summed E-state index contributed by atoms with van der Waals surface area (Å²) in [6.07, 6.45) is 6.53. The molecular formula is C21H31BO3. The monoisotopic (exact) mass is 342 g/mol. The van der Waals surface area contributed by atoms with Gasteiger partial charge < -0.3 is 5.11 Å². The van der Waals surface area contributed by atoms with Gasteiger partial charge in [-0.25, -0.2) is 0 Å². The van der Waals surface area contributed by atoms with Gasteiger partial charge in [0.2, 0.25) is 0 Å². The second-order valence-corrected chi connectivity index (χ2v) is 10.1. The molecule has 4 aliphatic carbocycles. The molecule has 3 nitrogen and oxygen atoms in total. The van der Waals surface area contributed by atoms with Crippen LogP contribution in [0.25, 0.3) is 0 Å². The minimum absolute atomic E-state index is 0.0162. The van der Waals surface area contributed by atoms with Crippen molar-refractivity contribution in [2.24, 2.45) is 34.5 Å². The molecule has 1 N–H and O–H groups in total. The molecule has 4 saturated carbocycles. The molecule has 25 heavy (non-hydrogen) atoms. The number of ketones is 2. The highest BCUT2D eigenvalue weighted by Gasteiger charge is 2.68. The largest absolute Gasteiger partial charge is 0.393 e. The van der Waals surface area contributed by atoms with E-state index < -0.39 is 5.31 Å². The highest BCUT2D eigenvalue weighted by Crippen LogP contribution is 2.74. The second-order valence-electron chi connectivity index (χ2n) is 10.1. The van der Waals surface area contributed by atoms with Gasteiger partial charge in [0, 0.05) is 18.3 Å². The first-order chi connectivity index (χ1) is 11.6. The summed E-state index contributed by atoms with van der Waals surface area (Å²) >= 11 is 0. The predicted octanol–water partition coefficient (Wildman–Crippen LogP) is 3.49. The second kappa shape index (κ2) is 5.44. The van der Waals surface area contributed by atoms with Crippen molar-refractivity contribution < 1.29 is 14.7 Å². The van der Waals surface area contributed by atoms with Gasteiger partial charge in [-0.3, -0.25) is 9.59 Å². The summed E-state index contributed by atoms with van der Waals surface area (Å²) in [4.78, 5) is 25.6. The quantitative estimate of drug-likeness (QED) is 0.742. The number of Topliss-reactive ketones (excluding diaryl/α,β-unsaturated/α-hetero) is 2. The Hall–Kier alpha value is -0.635. The molecule has 2 radical (unpaired) electrons. The Bertz CT molecular complexity index is 618. The van der Waals surface area contributed by atoms with Crippen molar-refractivity contribution >= 4 is 19.4 Å². The summed E-state index contributed by atoms with van der Waals surface area (Å²) in [5.74, 6) is 1.11. The summed E-state index contributed by atoms with van der Waals surface area (Å²) in [6, 6.07) is 0. The lowest BCUT2D eigenvalue weighted by atomic mass is 9.35. The van der Waals surface area contributed by atoms with Crippen LogP contribution in [0.4, 0.5) is 0 Å². The van der Waals surface area contributed by atoms with E-state index in [9.17, 15) is 14.7 Å². The Balaban J connectivity index is 1.74. The molecular weight excluding hydrogens is 311 g/mol. The number of aliphatic hydroxyl groups is 1. The Morgan fingerprint density at radius 2 is 1.88 bits per heavy atom. The Morgan fingerprint density at radius 3 is 2.56 bits per heavy atom. The van der Waals surface area contributed by atoms with Crippen LogP contribution in [0.2, 0.25) is 5.31 Å². The number of carbonyl (C=O) groups excluding carboxylic acids is 2. The number of hydrogen-bond acceptors (Lipinski definition) is 3. The number of fused-ring (bicyclic) bond motifs is 5. The van der Waals surface area contributed by atoms with Crippen LogP contribution in [0.3, 0.4) is 0 Å². The van der Waals surface area contributed by atoms with Gasteiger partial charge in [-0.15, -0.1) is 0 Å². The zero-order valence-electron chi connectivity index (χ0n) is 15.9. The van der Waals surface area contributed by atoms with E-state index in [2.05, 4.69) is 13.8 Å². The van der Waals surface area contributed by atoms with Gasteiger partial charge in [0.25, 0.3) is 0 Å². The molecule has 136 valence electrons. The van der Waals surface area contributed by atoms with E-state index in [4.69, 9.17) is 7.85 Å². The molecule has 0 amide bonds. The van der Waals surface area contributed by atoms with Crippen molar-refractivity contribution in [3.8, 4) is 0 Å². The standard InChI is InChI=1S/C21H31BO3/c1-12(23)15-7-9-21(22)16-5-4-13-10-14(24)6-8-19(13,2)18(16)17(25)11-20(15,21)3/h13-16,18,24H,4-11H2,1-3H3/t13-,14-,15+,16?,18?,19-,20+,21+/m0/s1. The zero-order valence-corrected chi connectivity index (χ0v) is 15.9. The fourth-order valence-electron chi connectivity index (χ4n) is 7.74. The molecule has 0 aliphatic heterocycles. The van der Waals surface area contributed by atoms with Crippen LogP contribution in [-0.2, 0) is 9.59 Å². The summed E-state index contributed by atoms with van der Waals surface area (Å²) in [6.45, 7) is 6.06. The molecule has 0 aromatic heterocycles. The molecule has 0 aromatic carbocycles. The van der Waals surface area contributed by atoms with Gasteiger partial charge in [-0.2, -0.15) is 0 Å². The number of aliphatic hydroxyl groups excluding tert-OH is 1. The van der Waals surface area contributed by atoms with Crippen LogP contribution in [0.1, 0.15) is 72.1 Å². The average molecular weight is 342 g/mol. The highest BCUT2D eigenvalue weighted by molar-refractivity contribution is 6.18. The minimum Gasteiger partial charge on any atom is -0.393 e. The van der Waals surface area contributed by atoms with E-state index in [1.807, 2.05) is 0 Å². The van der Waals surface area contributed by atoms with E-state index in [1.54, 1.807) is 6.92 Å². The Kier molecular flexibility index (Phi) is 3.86.